The molecule has 1 atom stereocenters. The topological polar surface area (TPSA) is 38.9 Å². The summed E-state index contributed by atoms with van der Waals surface area (Å²) in [6.07, 6.45) is 4.31. The molecule has 1 fully saturated rings. The Kier molecular flexibility index (Phi) is 6.37. The highest BCUT2D eigenvalue weighted by Gasteiger charge is 2.15. The summed E-state index contributed by atoms with van der Waals surface area (Å²) >= 11 is 1.62. The summed E-state index contributed by atoms with van der Waals surface area (Å²) in [6, 6.07) is 29.2. The Bertz CT molecular complexity index is 1240. The third kappa shape index (κ3) is 4.79. The molecule has 0 radical (unpaired) electrons. The van der Waals surface area contributed by atoms with Gasteiger partial charge in [0.15, 0.2) is 0 Å². The van der Waals surface area contributed by atoms with E-state index in [1.165, 1.54) is 11.1 Å². The fraction of sp³-hybridized carbons (Fsp3) is 0.185. The molecular formula is C27H25N3OS. The number of hydrogen-bond donors (Lipinski definition) is 0. The second-order valence-corrected chi connectivity index (χ2v) is 8.63. The molecule has 1 saturated heterocycles. The van der Waals surface area contributed by atoms with Crippen LogP contribution in [0.2, 0.25) is 0 Å². The average Bonchev–Trinajstić information content (AvgIpc) is 3.53. The molecule has 0 amide bonds. The van der Waals surface area contributed by atoms with Gasteiger partial charge >= 0.3 is 0 Å². The first kappa shape index (κ1) is 20.6. The highest BCUT2D eigenvalue weighted by molar-refractivity contribution is 7.07. The van der Waals surface area contributed by atoms with Crippen molar-refractivity contribution in [2.45, 2.75) is 18.9 Å². The van der Waals surface area contributed by atoms with Crippen LogP contribution in [-0.2, 0) is 4.74 Å². The molecule has 0 saturated carbocycles. The number of ether oxygens (including phenoxy) is 1. The van der Waals surface area contributed by atoms with E-state index < -0.39 is 0 Å². The lowest BCUT2D eigenvalue weighted by Crippen LogP contribution is -2.17. The number of thiazole rings is 1. The van der Waals surface area contributed by atoms with E-state index in [1.807, 2.05) is 47.3 Å². The first-order valence-corrected chi connectivity index (χ1v) is 11.8. The summed E-state index contributed by atoms with van der Waals surface area (Å²) in [7, 11) is 0. The van der Waals surface area contributed by atoms with E-state index in [9.17, 15) is 0 Å². The van der Waals surface area contributed by atoms with Gasteiger partial charge in [-0.1, -0.05) is 84.9 Å². The molecule has 0 bridgehead atoms. The van der Waals surface area contributed by atoms with Crippen molar-refractivity contribution < 1.29 is 4.74 Å². The number of hydrogen-bond acceptors (Lipinski definition) is 4. The molecule has 0 aliphatic carbocycles. The SMILES string of the molecule is C(=Nn1c(-c2ccc(-c3ccccc3)cc2)csc1=NCC1CCCO1)c1ccccc1. The zero-order chi connectivity index (χ0) is 21.6. The minimum absolute atomic E-state index is 0.220. The van der Waals surface area contributed by atoms with Gasteiger partial charge < -0.3 is 4.74 Å². The summed E-state index contributed by atoms with van der Waals surface area (Å²) in [5.74, 6) is 0. The summed E-state index contributed by atoms with van der Waals surface area (Å²) in [6.45, 7) is 1.52. The maximum Gasteiger partial charge on any atom is 0.206 e. The number of aromatic nitrogens is 1. The van der Waals surface area contributed by atoms with Gasteiger partial charge in [0.25, 0.3) is 0 Å². The fourth-order valence-electron chi connectivity index (χ4n) is 3.81. The predicted octanol–water partition coefficient (Wildman–Crippen LogP) is 5.85. The van der Waals surface area contributed by atoms with Crippen LogP contribution in [0.4, 0.5) is 0 Å². The van der Waals surface area contributed by atoms with Crippen LogP contribution in [0, 0.1) is 0 Å². The lowest BCUT2D eigenvalue weighted by Gasteiger charge is -2.07. The first-order chi connectivity index (χ1) is 15.9. The normalized spacial score (nSPS) is 16.8. The van der Waals surface area contributed by atoms with E-state index in [1.54, 1.807) is 11.3 Å². The molecule has 160 valence electrons. The van der Waals surface area contributed by atoms with E-state index >= 15 is 0 Å². The van der Waals surface area contributed by atoms with Crippen molar-refractivity contribution in [1.29, 1.82) is 0 Å². The fourth-order valence-corrected chi connectivity index (χ4v) is 4.66. The maximum atomic E-state index is 5.75. The number of nitrogens with zero attached hydrogens (tertiary/aromatic N) is 3. The second-order valence-electron chi connectivity index (χ2n) is 7.79. The Morgan fingerprint density at radius 3 is 2.28 bits per heavy atom. The summed E-state index contributed by atoms with van der Waals surface area (Å²) in [5.41, 5.74) is 5.62. The highest BCUT2D eigenvalue weighted by atomic mass is 32.1. The van der Waals surface area contributed by atoms with Gasteiger partial charge in [-0.3, -0.25) is 4.99 Å². The van der Waals surface area contributed by atoms with E-state index in [4.69, 9.17) is 14.8 Å². The molecule has 0 N–H and O–H groups in total. The van der Waals surface area contributed by atoms with Crippen LogP contribution in [-0.4, -0.2) is 30.1 Å². The van der Waals surface area contributed by atoms with Gasteiger partial charge in [0, 0.05) is 17.6 Å². The van der Waals surface area contributed by atoms with E-state index in [2.05, 4.69) is 53.9 Å². The van der Waals surface area contributed by atoms with Crippen molar-refractivity contribution in [2.75, 3.05) is 13.2 Å². The van der Waals surface area contributed by atoms with Gasteiger partial charge in [-0.15, -0.1) is 11.3 Å². The molecule has 32 heavy (non-hydrogen) atoms. The quantitative estimate of drug-likeness (QED) is 0.348. The maximum absolute atomic E-state index is 5.75. The van der Waals surface area contributed by atoms with Crippen molar-refractivity contribution in [3.05, 3.63) is 101 Å². The average molecular weight is 440 g/mol. The van der Waals surface area contributed by atoms with Crippen LogP contribution in [0.1, 0.15) is 18.4 Å². The van der Waals surface area contributed by atoms with Crippen LogP contribution < -0.4 is 4.80 Å². The van der Waals surface area contributed by atoms with Crippen molar-refractivity contribution >= 4 is 17.6 Å². The zero-order valence-electron chi connectivity index (χ0n) is 17.8. The Hall–Kier alpha value is -3.28. The van der Waals surface area contributed by atoms with Crippen molar-refractivity contribution in [1.82, 2.24) is 4.68 Å². The molecule has 4 aromatic rings. The number of benzene rings is 3. The van der Waals surface area contributed by atoms with E-state index in [0.717, 1.165) is 41.1 Å². The van der Waals surface area contributed by atoms with Gasteiger partial charge in [-0.25, -0.2) is 4.68 Å². The Labute approximate surface area is 192 Å². The summed E-state index contributed by atoms with van der Waals surface area (Å²) in [4.78, 5) is 5.74. The van der Waals surface area contributed by atoms with Crippen molar-refractivity contribution in [3.8, 4) is 22.4 Å². The molecule has 2 heterocycles. The largest absolute Gasteiger partial charge is 0.376 e. The number of rotatable bonds is 6. The van der Waals surface area contributed by atoms with Gasteiger partial charge in [0.2, 0.25) is 4.80 Å². The zero-order valence-corrected chi connectivity index (χ0v) is 18.6. The van der Waals surface area contributed by atoms with Gasteiger partial charge in [-0.05, 0) is 29.5 Å². The molecule has 1 aliphatic heterocycles. The smallest absolute Gasteiger partial charge is 0.206 e. The summed E-state index contributed by atoms with van der Waals surface area (Å²) in [5, 5.41) is 6.94. The molecule has 4 nitrogen and oxygen atoms in total. The molecule has 5 heteroatoms. The lowest BCUT2D eigenvalue weighted by molar-refractivity contribution is 0.117. The molecule has 0 spiro atoms. The second kappa shape index (κ2) is 9.90. The van der Waals surface area contributed by atoms with Crippen LogP contribution >= 0.6 is 11.3 Å². The molecule has 1 aromatic heterocycles. The minimum atomic E-state index is 0.220. The van der Waals surface area contributed by atoms with Gasteiger partial charge in [-0.2, -0.15) is 5.10 Å². The molecule has 3 aromatic carbocycles. The third-order valence-electron chi connectivity index (χ3n) is 5.55. The molecule has 1 aliphatic rings. The molecule has 5 rings (SSSR count). The molecular weight excluding hydrogens is 414 g/mol. The Balaban J connectivity index is 1.49. The summed E-state index contributed by atoms with van der Waals surface area (Å²) < 4.78 is 7.70. The van der Waals surface area contributed by atoms with E-state index in [0.29, 0.717) is 6.54 Å². The molecule has 1 unspecified atom stereocenters. The highest BCUT2D eigenvalue weighted by Crippen LogP contribution is 2.25. The van der Waals surface area contributed by atoms with Crippen molar-refractivity contribution in [3.63, 3.8) is 0 Å². The van der Waals surface area contributed by atoms with Crippen molar-refractivity contribution in [2.24, 2.45) is 10.1 Å². The predicted molar refractivity (Wildman–Crippen MR) is 132 cm³/mol. The standard InChI is InChI=1S/C27H25N3OS/c1-3-8-21(9-4-1)18-29-30-26(20-32-27(30)28-19-25-12-7-17-31-25)24-15-13-23(14-16-24)22-10-5-2-6-11-22/h1-6,8-11,13-16,18,20,25H,7,12,17,19H2. The van der Waals surface area contributed by atoms with Crippen LogP contribution in [0.5, 0.6) is 0 Å². The van der Waals surface area contributed by atoms with Crippen LogP contribution in [0.3, 0.4) is 0 Å². The lowest BCUT2D eigenvalue weighted by atomic mass is 10.0. The van der Waals surface area contributed by atoms with E-state index in [-0.39, 0.29) is 6.10 Å². The monoisotopic (exact) mass is 439 g/mol. The van der Waals surface area contributed by atoms with Crippen LogP contribution in [0.25, 0.3) is 22.4 Å². The minimum Gasteiger partial charge on any atom is -0.376 e. The van der Waals surface area contributed by atoms with Gasteiger partial charge in [0.1, 0.15) is 0 Å². The first-order valence-electron chi connectivity index (χ1n) is 10.9. The Morgan fingerprint density at radius 1 is 0.875 bits per heavy atom. The Morgan fingerprint density at radius 2 is 1.56 bits per heavy atom. The third-order valence-corrected chi connectivity index (χ3v) is 6.40. The van der Waals surface area contributed by atoms with Crippen LogP contribution in [0.15, 0.2) is 100 Å². The van der Waals surface area contributed by atoms with Gasteiger partial charge in [0.05, 0.1) is 24.6 Å².